The molecule has 0 saturated heterocycles. The number of hydrogen-bond acceptors (Lipinski definition) is 10. The van der Waals surface area contributed by atoms with E-state index in [1.807, 2.05) is 36.4 Å². The molecule has 2 unspecified atom stereocenters. The molecule has 0 aliphatic carbocycles. The predicted molar refractivity (Wildman–Crippen MR) is 136 cm³/mol. The van der Waals surface area contributed by atoms with Crippen LogP contribution in [0.2, 0.25) is 0 Å². The lowest BCUT2D eigenvalue weighted by Crippen LogP contribution is -2.39. The van der Waals surface area contributed by atoms with Gasteiger partial charge in [-0.3, -0.25) is 0 Å². The van der Waals surface area contributed by atoms with Gasteiger partial charge in [0.2, 0.25) is 0 Å². The Morgan fingerprint density at radius 2 is 2.00 bits per heavy atom. The van der Waals surface area contributed by atoms with Crippen LogP contribution in [-0.4, -0.2) is 55.9 Å². The molecule has 2 atom stereocenters. The lowest BCUT2D eigenvalue weighted by atomic mass is 10.0. The summed E-state index contributed by atoms with van der Waals surface area (Å²) in [5.41, 5.74) is 3.26. The minimum Gasteiger partial charge on any atom is -0.486 e. The van der Waals surface area contributed by atoms with E-state index in [0.717, 1.165) is 38.6 Å². The lowest BCUT2D eigenvalue weighted by Gasteiger charge is -2.19. The summed E-state index contributed by atoms with van der Waals surface area (Å²) >= 11 is 4.84. The number of halogens is 1. The van der Waals surface area contributed by atoms with Gasteiger partial charge in [0.05, 0.1) is 18.0 Å². The summed E-state index contributed by atoms with van der Waals surface area (Å²) in [6.45, 7) is 2.45. The van der Waals surface area contributed by atoms with Gasteiger partial charge in [-0.1, -0.05) is 18.2 Å². The molecule has 3 heterocycles. The van der Waals surface area contributed by atoms with Crippen molar-refractivity contribution in [3.05, 3.63) is 47.1 Å². The topological polar surface area (TPSA) is 139 Å². The number of rotatable bonds is 7. The summed E-state index contributed by atoms with van der Waals surface area (Å²) in [6, 6.07) is 10.5. The highest BCUT2D eigenvalue weighted by atomic mass is 79.9. The molecule has 0 radical (unpaired) electrons. The van der Waals surface area contributed by atoms with Crippen molar-refractivity contribution in [1.82, 2.24) is 14.3 Å². The molecule has 35 heavy (non-hydrogen) atoms. The number of benzene rings is 2. The average molecular weight is 558 g/mol. The second-order valence-corrected chi connectivity index (χ2v) is 9.34. The first-order valence-electron chi connectivity index (χ1n) is 10.7. The standard InChI is InChI=1S/C23H20BrN5O5S/c1-11(30)19(23(31)32)27-17-10-25-20-21(29-35-22(20)28-17)26-14-4-2-3-13(18(14)24)12-5-6-15-16(9-12)34-8-7-33-15/h2-6,9-11,19,30H,7-8H2,1H3,(H,26,29)(H,27,28)(H,31,32). The first-order valence-corrected chi connectivity index (χ1v) is 12.2. The summed E-state index contributed by atoms with van der Waals surface area (Å²) in [7, 11) is 0. The van der Waals surface area contributed by atoms with Crippen LogP contribution in [0.15, 0.2) is 47.1 Å². The van der Waals surface area contributed by atoms with Crippen LogP contribution in [0.4, 0.5) is 17.3 Å². The van der Waals surface area contributed by atoms with Crippen LogP contribution in [0, 0.1) is 0 Å². The van der Waals surface area contributed by atoms with E-state index < -0.39 is 18.1 Å². The molecule has 5 rings (SSSR count). The Morgan fingerprint density at radius 1 is 1.20 bits per heavy atom. The van der Waals surface area contributed by atoms with E-state index in [1.54, 1.807) is 0 Å². The molecule has 4 N–H and O–H groups in total. The maximum Gasteiger partial charge on any atom is 0.328 e. The number of aliphatic hydroxyl groups excluding tert-OH is 1. The Labute approximate surface area is 212 Å². The number of carboxylic acids is 1. The normalized spacial score (nSPS) is 14.4. The van der Waals surface area contributed by atoms with E-state index in [2.05, 4.69) is 40.9 Å². The maximum absolute atomic E-state index is 11.3. The second kappa shape index (κ2) is 9.64. The molecule has 180 valence electrons. The van der Waals surface area contributed by atoms with Gasteiger partial charge in [-0.25, -0.2) is 14.8 Å². The molecular weight excluding hydrogens is 538 g/mol. The molecule has 4 aromatic rings. The fraction of sp³-hybridized carbons (Fsp3) is 0.217. The van der Waals surface area contributed by atoms with Crippen molar-refractivity contribution >= 4 is 61.1 Å². The summed E-state index contributed by atoms with van der Waals surface area (Å²) < 4.78 is 16.6. The molecule has 1 aliphatic heterocycles. The molecule has 2 aromatic carbocycles. The molecule has 1 aliphatic rings. The number of anilines is 3. The Bertz CT molecular complexity index is 1410. The Balaban J connectivity index is 1.41. The molecule has 0 bridgehead atoms. The highest BCUT2D eigenvalue weighted by Crippen LogP contribution is 2.40. The molecule has 0 spiro atoms. The quantitative estimate of drug-likeness (QED) is 0.260. The first kappa shape index (κ1) is 23.3. The van der Waals surface area contributed by atoms with Gasteiger partial charge in [0.15, 0.2) is 28.2 Å². The number of nitrogens with one attached hydrogen (secondary N) is 2. The van der Waals surface area contributed by atoms with Crippen molar-refractivity contribution in [1.29, 1.82) is 0 Å². The van der Waals surface area contributed by atoms with E-state index in [9.17, 15) is 15.0 Å². The van der Waals surface area contributed by atoms with Gasteiger partial charge in [-0.15, -0.1) is 0 Å². The fourth-order valence-corrected chi connectivity index (χ4v) is 4.90. The molecule has 0 fully saturated rings. The number of hydrogen-bond donors (Lipinski definition) is 4. The number of nitrogens with zero attached hydrogens (tertiary/aromatic N) is 3. The van der Waals surface area contributed by atoms with Gasteiger partial charge in [0, 0.05) is 4.47 Å². The van der Waals surface area contributed by atoms with Crippen molar-refractivity contribution < 1.29 is 24.5 Å². The zero-order chi connectivity index (χ0) is 24.5. The molecule has 2 aromatic heterocycles. The van der Waals surface area contributed by atoms with Crippen molar-refractivity contribution in [3.63, 3.8) is 0 Å². The highest BCUT2D eigenvalue weighted by molar-refractivity contribution is 9.10. The largest absolute Gasteiger partial charge is 0.486 e. The van der Waals surface area contributed by atoms with Crippen molar-refractivity contribution in [2.45, 2.75) is 19.1 Å². The molecule has 12 heteroatoms. The number of carboxylic acid groups (broad SMARTS) is 1. The average Bonchev–Trinajstić information content (AvgIpc) is 3.25. The van der Waals surface area contributed by atoms with E-state index >= 15 is 0 Å². The Hall–Kier alpha value is -3.48. The van der Waals surface area contributed by atoms with Crippen LogP contribution in [0.3, 0.4) is 0 Å². The number of carbonyl (C=O) groups is 1. The molecular formula is C23H20BrN5O5S. The smallest absolute Gasteiger partial charge is 0.328 e. The predicted octanol–water partition coefficient (Wildman–Crippen LogP) is 4.28. The number of aliphatic carboxylic acids is 1. The third-order valence-corrected chi connectivity index (χ3v) is 6.93. The van der Waals surface area contributed by atoms with Crippen LogP contribution in [0.5, 0.6) is 11.5 Å². The maximum atomic E-state index is 11.3. The number of aromatic nitrogens is 3. The number of fused-ring (bicyclic) bond motifs is 2. The van der Waals surface area contributed by atoms with Crippen LogP contribution >= 0.6 is 27.5 Å². The molecule has 0 saturated carbocycles. The third-order valence-electron chi connectivity index (χ3n) is 5.35. The van der Waals surface area contributed by atoms with E-state index in [4.69, 9.17) is 9.47 Å². The minimum atomic E-state index is -1.20. The molecule has 0 amide bonds. The van der Waals surface area contributed by atoms with Gasteiger partial charge in [-0.2, -0.15) is 4.37 Å². The zero-order valence-electron chi connectivity index (χ0n) is 18.4. The number of ether oxygens (including phenoxy) is 2. The first-order chi connectivity index (χ1) is 16.9. The number of aliphatic hydroxyl groups is 1. The van der Waals surface area contributed by atoms with Crippen LogP contribution in [-0.2, 0) is 4.79 Å². The summed E-state index contributed by atoms with van der Waals surface area (Å²) in [4.78, 5) is 20.7. The van der Waals surface area contributed by atoms with E-state index in [-0.39, 0.29) is 5.82 Å². The summed E-state index contributed by atoms with van der Waals surface area (Å²) in [5, 5.41) is 25.0. The van der Waals surface area contributed by atoms with Gasteiger partial charge < -0.3 is 30.3 Å². The second-order valence-electron chi connectivity index (χ2n) is 7.79. The fourth-order valence-electron chi connectivity index (χ4n) is 3.62. The van der Waals surface area contributed by atoms with Gasteiger partial charge in [0.1, 0.15) is 24.5 Å². The van der Waals surface area contributed by atoms with Crippen molar-refractivity contribution in [2.24, 2.45) is 0 Å². The van der Waals surface area contributed by atoms with Crippen LogP contribution < -0.4 is 20.1 Å². The summed E-state index contributed by atoms with van der Waals surface area (Å²) in [5.74, 6) is 1.02. The van der Waals surface area contributed by atoms with Crippen molar-refractivity contribution in [2.75, 3.05) is 23.8 Å². The minimum absolute atomic E-state index is 0.239. The monoisotopic (exact) mass is 557 g/mol. The SMILES string of the molecule is CC(O)C(Nc1cnc2c(Nc3cccc(-c4ccc5c(c4)OCCO5)c3Br)nsc2n1)C(=O)O. The Morgan fingerprint density at radius 3 is 2.77 bits per heavy atom. The van der Waals surface area contributed by atoms with E-state index in [0.29, 0.717) is 35.1 Å². The zero-order valence-corrected chi connectivity index (χ0v) is 20.8. The van der Waals surface area contributed by atoms with Crippen molar-refractivity contribution in [3.8, 4) is 22.6 Å². The Kier molecular flexibility index (Phi) is 6.41. The van der Waals surface area contributed by atoms with Gasteiger partial charge in [0.25, 0.3) is 0 Å². The van der Waals surface area contributed by atoms with Crippen LogP contribution in [0.25, 0.3) is 21.5 Å². The lowest BCUT2D eigenvalue weighted by molar-refractivity contribution is -0.140. The van der Waals surface area contributed by atoms with Gasteiger partial charge >= 0.3 is 5.97 Å². The highest BCUT2D eigenvalue weighted by Gasteiger charge is 2.24. The summed E-state index contributed by atoms with van der Waals surface area (Å²) in [6.07, 6.45) is 0.309. The third kappa shape index (κ3) is 4.72. The van der Waals surface area contributed by atoms with E-state index in [1.165, 1.54) is 13.1 Å². The molecule has 10 nitrogen and oxygen atoms in total. The van der Waals surface area contributed by atoms with Crippen LogP contribution in [0.1, 0.15) is 6.92 Å². The van der Waals surface area contributed by atoms with Gasteiger partial charge in [-0.05, 0) is 63.7 Å².